The molecule has 4 nitrogen and oxygen atoms in total. The van der Waals surface area contributed by atoms with Gasteiger partial charge in [-0.05, 0) is 11.5 Å². The Bertz CT molecular complexity index is 574. The minimum Gasteiger partial charge on any atom is -0.371 e. The zero-order valence-electron chi connectivity index (χ0n) is 9.85. The topological polar surface area (TPSA) is 53.7 Å². The molecule has 1 aliphatic rings. The summed E-state index contributed by atoms with van der Waals surface area (Å²) in [5.41, 5.74) is 0.822. The summed E-state index contributed by atoms with van der Waals surface area (Å²) in [5, 5.41) is 7.80. The van der Waals surface area contributed by atoms with Crippen molar-refractivity contribution in [1.82, 2.24) is 5.32 Å². The quantitative estimate of drug-likeness (QED) is 0.812. The van der Waals surface area contributed by atoms with Gasteiger partial charge in [0.25, 0.3) is 0 Å². The number of hydrogen-bond donors (Lipinski definition) is 2. The van der Waals surface area contributed by atoms with Crippen LogP contribution in [0, 0.1) is 0 Å². The van der Waals surface area contributed by atoms with Gasteiger partial charge in [0.05, 0.1) is 18.4 Å². The Morgan fingerprint density at radius 3 is 2.83 bits per heavy atom. The van der Waals surface area contributed by atoms with Gasteiger partial charge in [-0.2, -0.15) is 0 Å². The lowest BCUT2D eigenvalue weighted by Crippen LogP contribution is -2.31. The lowest BCUT2D eigenvalue weighted by molar-refractivity contribution is 0.250. The third-order valence-electron chi connectivity index (χ3n) is 2.93. The molecule has 0 radical (unpaired) electrons. The van der Waals surface area contributed by atoms with Crippen LogP contribution in [-0.4, -0.2) is 25.3 Å². The number of fused-ring (bicyclic) bond motifs is 1. The van der Waals surface area contributed by atoms with Crippen LogP contribution >= 0.6 is 0 Å². The predicted molar refractivity (Wildman–Crippen MR) is 70.7 cm³/mol. The molecule has 0 spiro atoms. The smallest absolute Gasteiger partial charge is 0.319 e. The average Bonchev–Trinajstić information content (AvgIpc) is 3.21. The number of carbonyl (C=O) groups excluding carboxylic acids is 1. The number of ether oxygens (including phenoxy) is 1. The Labute approximate surface area is 105 Å². The van der Waals surface area contributed by atoms with E-state index in [1.54, 1.807) is 0 Å². The fourth-order valence-electron chi connectivity index (χ4n) is 1.89. The van der Waals surface area contributed by atoms with Crippen LogP contribution < -0.4 is 10.6 Å². The van der Waals surface area contributed by atoms with Crippen molar-refractivity contribution in [2.45, 2.75) is 6.10 Å². The van der Waals surface area contributed by atoms with Gasteiger partial charge in [0.1, 0.15) is 0 Å². The molecule has 1 saturated heterocycles. The monoisotopic (exact) mass is 242 g/mol. The summed E-state index contributed by atoms with van der Waals surface area (Å²) < 4.78 is 5.04. The second kappa shape index (κ2) is 4.66. The molecule has 1 heterocycles. The van der Waals surface area contributed by atoms with E-state index in [2.05, 4.69) is 10.6 Å². The van der Waals surface area contributed by atoms with Crippen LogP contribution in [0.25, 0.3) is 10.8 Å². The molecule has 92 valence electrons. The highest BCUT2D eigenvalue weighted by Crippen LogP contribution is 2.22. The summed E-state index contributed by atoms with van der Waals surface area (Å²) in [7, 11) is 0. The Kier molecular flexibility index (Phi) is 2.86. The molecule has 2 aromatic rings. The van der Waals surface area contributed by atoms with Gasteiger partial charge in [-0.15, -0.1) is 0 Å². The van der Waals surface area contributed by atoms with Gasteiger partial charge < -0.3 is 15.4 Å². The van der Waals surface area contributed by atoms with E-state index in [-0.39, 0.29) is 12.1 Å². The maximum atomic E-state index is 11.7. The molecule has 0 saturated carbocycles. The van der Waals surface area contributed by atoms with Crippen molar-refractivity contribution in [3.05, 3.63) is 42.5 Å². The summed E-state index contributed by atoms with van der Waals surface area (Å²) >= 11 is 0. The maximum Gasteiger partial charge on any atom is 0.319 e. The molecule has 1 unspecified atom stereocenters. The number of urea groups is 1. The normalized spacial score (nSPS) is 17.4. The Hall–Kier alpha value is -2.07. The Morgan fingerprint density at radius 1 is 1.22 bits per heavy atom. The lowest BCUT2D eigenvalue weighted by Gasteiger charge is -2.09. The first-order valence-electron chi connectivity index (χ1n) is 5.97. The number of epoxide rings is 1. The van der Waals surface area contributed by atoms with Crippen LogP contribution in [-0.2, 0) is 4.74 Å². The highest BCUT2D eigenvalue weighted by Gasteiger charge is 2.22. The van der Waals surface area contributed by atoms with Gasteiger partial charge in [-0.25, -0.2) is 4.79 Å². The van der Waals surface area contributed by atoms with Gasteiger partial charge in [-0.1, -0.05) is 36.4 Å². The van der Waals surface area contributed by atoms with Crippen LogP contribution in [0.1, 0.15) is 0 Å². The van der Waals surface area contributed by atoms with Crippen molar-refractivity contribution in [3.8, 4) is 0 Å². The Morgan fingerprint density at radius 2 is 2.00 bits per heavy atom. The molecule has 2 amide bonds. The summed E-state index contributed by atoms with van der Waals surface area (Å²) in [6.07, 6.45) is 0.197. The number of anilines is 1. The van der Waals surface area contributed by atoms with Crippen molar-refractivity contribution in [1.29, 1.82) is 0 Å². The average molecular weight is 242 g/mol. The van der Waals surface area contributed by atoms with Crippen molar-refractivity contribution >= 4 is 22.5 Å². The van der Waals surface area contributed by atoms with Gasteiger partial charge in [0.15, 0.2) is 0 Å². The van der Waals surface area contributed by atoms with E-state index < -0.39 is 0 Å². The highest BCUT2D eigenvalue weighted by atomic mass is 16.6. The van der Waals surface area contributed by atoms with Crippen molar-refractivity contribution in [2.24, 2.45) is 0 Å². The first-order valence-corrected chi connectivity index (χ1v) is 5.97. The van der Waals surface area contributed by atoms with Gasteiger partial charge in [0.2, 0.25) is 0 Å². The van der Waals surface area contributed by atoms with Crippen LogP contribution in [0.4, 0.5) is 10.5 Å². The minimum absolute atomic E-state index is 0.193. The molecule has 0 aromatic heterocycles. The third kappa shape index (κ3) is 2.43. The van der Waals surface area contributed by atoms with Crippen molar-refractivity contribution in [2.75, 3.05) is 18.5 Å². The van der Waals surface area contributed by atoms with Crippen LogP contribution in [0.15, 0.2) is 42.5 Å². The second-order valence-corrected chi connectivity index (χ2v) is 4.32. The standard InChI is InChI=1S/C14H14N2O2/c17-14(15-8-11-9-18-11)16-13-7-3-5-10-4-1-2-6-12(10)13/h1-7,11H,8-9H2,(H2,15,16,17). The van der Waals surface area contributed by atoms with Crippen LogP contribution in [0.3, 0.4) is 0 Å². The van der Waals surface area contributed by atoms with E-state index >= 15 is 0 Å². The molecule has 18 heavy (non-hydrogen) atoms. The van der Waals surface area contributed by atoms with E-state index in [1.807, 2.05) is 42.5 Å². The van der Waals surface area contributed by atoms with Crippen LogP contribution in [0.2, 0.25) is 0 Å². The van der Waals surface area contributed by atoms with Gasteiger partial charge in [-0.3, -0.25) is 0 Å². The van der Waals surface area contributed by atoms with E-state index in [0.29, 0.717) is 6.54 Å². The van der Waals surface area contributed by atoms with E-state index in [0.717, 1.165) is 23.1 Å². The largest absolute Gasteiger partial charge is 0.371 e. The molecule has 0 bridgehead atoms. The molecule has 1 aliphatic heterocycles. The van der Waals surface area contributed by atoms with Crippen molar-refractivity contribution in [3.63, 3.8) is 0 Å². The number of hydrogen-bond acceptors (Lipinski definition) is 2. The SMILES string of the molecule is O=C(NCC1CO1)Nc1cccc2ccccc12. The molecule has 3 rings (SSSR count). The molecule has 1 fully saturated rings. The minimum atomic E-state index is -0.193. The lowest BCUT2D eigenvalue weighted by atomic mass is 10.1. The summed E-state index contributed by atoms with van der Waals surface area (Å²) in [5.74, 6) is 0. The first-order chi connectivity index (χ1) is 8.83. The highest BCUT2D eigenvalue weighted by molar-refractivity contribution is 6.01. The summed E-state index contributed by atoms with van der Waals surface area (Å²) in [6.45, 7) is 1.31. The van der Waals surface area contributed by atoms with E-state index in [4.69, 9.17) is 4.74 Å². The maximum absolute atomic E-state index is 11.7. The fourth-order valence-corrected chi connectivity index (χ4v) is 1.89. The third-order valence-corrected chi connectivity index (χ3v) is 2.93. The molecular formula is C14H14N2O2. The van der Waals surface area contributed by atoms with Gasteiger partial charge in [0, 0.05) is 11.9 Å². The van der Waals surface area contributed by atoms with E-state index in [9.17, 15) is 4.79 Å². The summed E-state index contributed by atoms with van der Waals surface area (Å²) in [6, 6.07) is 13.6. The molecule has 1 atom stereocenters. The zero-order valence-corrected chi connectivity index (χ0v) is 9.85. The molecular weight excluding hydrogens is 228 g/mol. The molecule has 4 heteroatoms. The molecule has 2 N–H and O–H groups in total. The Balaban J connectivity index is 1.74. The predicted octanol–water partition coefficient (Wildman–Crippen LogP) is 2.36. The van der Waals surface area contributed by atoms with E-state index in [1.165, 1.54) is 0 Å². The fraction of sp³-hybridized carbons (Fsp3) is 0.214. The number of nitrogens with one attached hydrogen (secondary N) is 2. The van der Waals surface area contributed by atoms with Crippen molar-refractivity contribution < 1.29 is 9.53 Å². The summed E-state index contributed by atoms with van der Waals surface area (Å²) in [4.78, 5) is 11.7. The number of rotatable bonds is 3. The number of carbonyl (C=O) groups is 1. The first kappa shape index (κ1) is 11.0. The number of benzene rings is 2. The van der Waals surface area contributed by atoms with Gasteiger partial charge >= 0.3 is 6.03 Å². The molecule has 2 aromatic carbocycles. The number of amides is 2. The zero-order chi connectivity index (χ0) is 12.4. The van der Waals surface area contributed by atoms with Crippen LogP contribution in [0.5, 0.6) is 0 Å². The second-order valence-electron chi connectivity index (χ2n) is 4.32. The molecule has 0 aliphatic carbocycles.